The zero-order valence-electron chi connectivity index (χ0n) is 15.0. The van der Waals surface area contributed by atoms with Gasteiger partial charge in [-0.15, -0.1) is 0 Å². The van der Waals surface area contributed by atoms with Crippen LogP contribution in [0.1, 0.15) is 27.0 Å². The molecule has 0 aromatic heterocycles. The molecule has 4 rings (SSSR count). The third-order valence-electron chi connectivity index (χ3n) is 4.51. The maximum Gasteiger partial charge on any atom is 0.231 e. The fourth-order valence-corrected chi connectivity index (χ4v) is 3.45. The van der Waals surface area contributed by atoms with Crippen molar-refractivity contribution in [2.75, 3.05) is 0 Å². The van der Waals surface area contributed by atoms with Crippen LogP contribution in [0.4, 0.5) is 0 Å². The van der Waals surface area contributed by atoms with Crippen LogP contribution in [0.2, 0.25) is 10.0 Å². The molecule has 0 atom stereocenters. The standard InChI is InChI=1S/C23H16Cl2O3/c1-14-20(27-13-15-5-4-7-17(24)11-15)10-9-18-22(26)21(28-23(14)18)12-16-6-2-3-8-19(16)25/h2-12H,13H2,1H3/b21-12-. The molecule has 0 amide bonds. The summed E-state index contributed by atoms with van der Waals surface area (Å²) in [5.41, 5.74) is 2.99. The molecule has 0 saturated heterocycles. The van der Waals surface area contributed by atoms with Gasteiger partial charge in [0.25, 0.3) is 0 Å². The fourth-order valence-electron chi connectivity index (χ4n) is 3.05. The lowest BCUT2D eigenvalue weighted by atomic mass is 10.1. The van der Waals surface area contributed by atoms with Gasteiger partial charge in [-0.25, -0.2) is 0 Å². The SMILES string of the molecule is Cc1c(OCc2cccc(Cl)c2)ccc2c1O/C(=C\c1ccccc1Cl)C2=O. The lowest BCUT2D eigenvalue weighted by Crippen LogP contribution is -1.98. The van der Waals surface area contributed by atoms with Gasteiger partial charge in [-0.1, -0.05) is 53.5 Å². The molecule has 5 heteroatoms. The summed E-state index contributed by atoms with van der Waals surface area (Å²) < 4.78 is 11.8. The molecule has 0 bridgehead atoms. The maximum absolute atomic E-state index is 12.7. The number of Topliss-reactive ketones (excluding diaryl/α,β-unsaturated/α-hetero) is 1. The van der Waals surface area contributed by atoms with E-state index in [1.54, 1.807) is 24.3 Å². The van der Waals surface area contributed by atoms with E-state index >= 15 is 0 Å². The molecular weight excluding hydrogens is 395 g/mol. The second-order valence-electron chi connectivity index (χ2n) is 6.45. The van der Waals surface area contributed by atoms with Crippen LogP contribution in [0.3, 0.4) is 0 Å². The molecule has 0 aliphatic carbocycles. The zero-order valence-corrected chi connectivity index (χ0v) is 16.6. The molecule has 0 spiro atoms. The number of benzene rings is 3. The highest BCUT2D eigenvalue weighted by atomic mass is 35.5. The Kier molecular flexibility index (Phi) is 5.12. The van der Waals surface area contributed by atoms with Gasteiger partial charge in [0.1, 0.15) is 18.1 Å². The van der Waals surface area contributed by atoms with Crippen LogP contribution < -0.4 is 9.47 Å². The van der Waals surface area contributed by atoms with Crippen molar-refractivity contribution in [3.8, 4) is 11.5 Å². The van der Waals surface area contributed by atoms with E-state index in [2.05, 4.69) is 0 Å². The number of carbonyl (C=O) groups excluding carboxylic acids is 1. The topological polar surface area (TPSA) is 35.5 Å². The van der Waals surface area contributed by atoms with Crippen molar-refractivity contribution in [3.63, 3.8) is 0 Å². The molecule has 1 heterocycles. The van der Waals surface area contributed by atoms with Crippen molar-refractivity contribution in [3.05, 3.63) is 98.7 Å². The molecular formula is C23H16Cl2O3. The predicted octanol–water partition coefficient (Wildman–Crippen LogP) is 6.50. The molecule has 3 nitrogen and oxygen atoms in total. The van der Waals surface area contributed by atoms with E-state index in [0.717, 1.165) is 16.7 Å². The summed E-state index contributed by atoms with van der Waals surface area (Å²) in [6, 6.07) is 18.3. The molecule has 0 N–H and O–H groups in total. The van der Waals surface area contributed by atoms with Crippen LogP contribution >= 0.6 is 23.2 Å². The molecule has 3 aromatic rings. The van der Waals surface area contributed by atoms with E-state index in [0.29, 0.717) is 33.7 Å². The highest BCUT2D eigenvalue weighted by molar-refractivity contribution is 6.32. The third-order valence-corrected chi connectivity index (χ3v) is 5.09. The van der Waals surface area contributed by atoms with Crippen LogP contribution in [0.25, 0.3) is 6.08 Å². The van der Waals surface area contributed by atoms with Crippen LogP contribution in [-0.2, 0) is 6.61 Å². The minimum Gasteiger partial charge on any atom is -0.488 e. The zero-order chi connectivity index (χ0) is 19.7. The van der Waals surface area contributed by atoms with E-state index in [-0.39, 0.29) is 11.5 Å². The Morgan fingerprint density at radius 2 is 1.86 bits per heavy atom. The van der Waals surface area contributed by atoms with Crippen molar-refractivity contribution in [2.45, 2.75) is 13.5 Å². The number of ketones is 1. The first-order valence-corrected chi connectivity index (χ1v) is 9.48. The number of hydrogen-bond acceptors (Lipinski definition) is 3. The Morgan fingerprint density at radius 1 is 1.04 bits per heavy atom. The molecule has 0 radical (unpaired) electrons. The molecule has 0 saturated carbocycles. The summed E-state index contributed by atoms with van der Waals surface area (Å²) in [7, 11) is 0. The van der Waals surface area contributed by atoms with E-state index in [9.17, 15) is 4.79 Å². The van der Waals surface area contributed by atoms with Crippen molar-refractivity contribution >= 4 is 35.1 Å². The number of halogens is 2. The Labute approximate surface area is 173 Å². The Balaban J connectivity index is 1.59. The Morgan fingerprint density at radius 3 is 2.64 bits per heavy atom. The second-order valence-corrected chi connectivity index (χ2v) is 7.29. The van der Waals surface area contributed by atoms with Crippen molar-refractivity contribution in [1.29, 1.82) is 0 Å². The van der Waals surface area contributed by atoms with Gasteiger partial charge in [-0.2, -0.15) is 0 Å². The van der Waals surface area contributed by atoms with E-state index in [1.807, 2.05) is 49.4 Å². The minimum atomic E-state index is -0.167. The summed E-state index contributed by atoms with van der Waals surface area (Å²) in [6.45, 7) is 2.24. The highest BCUT2D eigenvalue weighted by Gasteiger charge is 2.30. The number of allylic oxidation sites excluding steroid dienone is 1. The van der Waals surface area contributed by atoms with Gasteiger partial charge in [-0.05, 0) is 54.5 Å². The summed E-state index contributed by atoms with van der Waals surface area (Å²) >= 11 is 12.2. The first-order valence-electron chi connectivity index (χ1n) is 8.72. The molecule has 0 fully saturated rings. The first-order chi connectivity index (χ1) is 13.5. The smallest absolute Gasteiger partial charge is 0.231 e. The maximum atomic E-state index is 12.7. The summed E-state index contributed by atoms with van der Waals surface area (Å²) in [4.78, 5) is 12.7. The van der Waals surface area contributed by atoms with Crippen LogP contribution in [-0.4, -0.2) is 5.78 Å². The first kappa shape index (κ1) is 18.6. The van der Waals surface area contributed by atoms with E-state index < -0.39 is 0 Å². The van der Waals surface area contributed by atoms with Crippen molar-refractivity contribution in [2.24, 2.45) is 0 Å². The van der Waals surface area contributed by atoms with Gasteiger partial charge >= 0.3 is 0 Å². The van der Waals surface area contributed by atoms with Gasteiger partial charge in [0.15, 0.2) is 5.76 Å². The average molecular weight is 411 g/mol. The molecule has 140 valence electrons. The fraction of sp³-hybridized carbons (Fsp3) is 0.0870. The van der Waals surface area contributed by atoms with E-state index in [4.69, 9.17) is 32.7 Å². The number of carbonyl (C=O) groups is 1. The summed E-state index contributed by atoms with van der Waals surface area (Å²) in [6.07, 6.45) is 1.66. The van der Waals surface area contributed by atoms with E-state index in [1.165, 1.54) is 0 Å². The summed E-state index contributed by atoms with van der Waals surface area (Å²) in [5, 5.41) is 1.22. The molecule has 1 aliphatic rings. The van der Waals surface area contributed by atoms with Crippen molar-refractivity contribution < 1.29 is 14.3 Å². The normalized spacial score (nSPS) is 14.1. The Hall–Kier alpha value is -2.75. The average Bonchev–Trinajstić information content (AvgIpc) is 3.00. The van der Waals surface area contributed by atoms with Gasteiger partial charge in [-0.3, -0.25) is 4.79 Å². The van der Waals surface area contributed by atoms with Crippen LogP contribution in [0.15, 0.2) is 66.4 Å². The predicted molar refractivity (Wildman–Crippen MR) is 111 cm³/mol. The summed E-state index contributed by atoms with van der Waals surface area (Å²) in [5.74, 6) is 1.26. The Bertz CT molecular complexity index is 1100. The van der Waals surface area contributed by atoms with Crippen LogP contribution in [0, 0.1) is 6.92 Å². The second kappa shape index (κ2) is 7.70. The minimum absolute atomic E-state index is 0.167. The number of hydrogen-bond donors (Lipinski definition) is 0. The molecule has 1 aliphatic heterocycles. The number of rotatable bonds is 4. The number of ether oxygens (including phenoxy) is 2. The molecule has 0 unspecified atom stereocenters. The number of fused-ring (bicyclic) bond motifs is 1. The van der Waals surface area contributed by atoms with Gasteiger partial charge in [0.2, 0.25) is 5.78 Å². The van der Waals surface area contributed by atoms with Crippen molar-refractivity contribution in [1.82, 2.24) is 0 Å². The van der Waals surface area contributed by atoms with Crippen LogP contribution in [0.5, 0.6) is 11.5 Å². The lowest BCUT2D eigenvalue weighted by molar-refractivity contribution is 0.101. The van der Waals surface area contributed by atoms with Gasteiger partial charge < -0.3 is 9.47 Å². The van der Waals surface area contributed by atoms with Gasteiger partial charge in [0.05, 0.1) is 5.56 Å². The highest BCUT2D eigenvalue weighted by Crippen LogP contribution is 2.39. The molecule has 3 aromatic carbocycles. The monoisotopic (exact) mass is 410 g/mol. The van der Waals surface area contributed by atoms with Gasteiger partial charge in [0, 0.05) is 15.6 Å². The largest absolute Gasteiger partial charge is 0.488 e. The molecule has 28 heavy (non-hydrogen) atoms. The lowest BCUT2D eigenvalue weighted by Gasteiger charge is -2.11. The third kappa shape index (κ3) is 3.64. The quantitative estimate of drug-likeness (QED) is 0.460.